The first-order valence-corrected chi connectivity index (χ1v) is 9.24. The minimum Gasteiger partial charge on any atom is -0.465 e. The minimum absolute atomic E-state index is 0.253. The van der Waals surface area contributed by atoms with E-state index in [1.165, 1.54) is 11.4 Å². The molecule has 1 fully saturated rings. The largest absolute Gasteiger partial charge is 0.465 e. The second-order valence-corrected chi connectivity index (χ2v) is 7.88. The van der Waals surface area contributed by atoms with Gasteiger partial charge in [-0.3, -0.25) is 4.79 Å². The number of rotatable bonds is 4. The third-order valence-electron chi connectivity index (χ3n) is 3.33. The quantitative estimate of drug-likeness (QED) is 0.800. The third-order valence-corrected chi connectivity index (χ3v) is 5.67. The average Bonchev–Trinajstić information content (AvgIpc) is 3.04. The Labute approximate surface area is 132 Å². The summed E-state index contributed by atoms with van der Waals surface area (Å²) in [5, 5.41) is 2.83. The highest BCUT2D eigenvalue weighted by molar-refractivity contribution is 7.88. The maximum atomic E-state index is 12.3. The van der Waals surface area contributed by atoms with E-state index < -0.39 is 27.9 Å². The van der Waals surface area contributed by atoms with Gasteiger partial charge in [0.1, 0.15) is 10.9 Å². The van der Waals surface area contributed by atoms with E-state index >= 15 is 0 Å². The van der Waals surface area contributed by atoms with Gasteiger partial charge in [-0.25, -0.2) is 18.2 Å². The zero-order valence-corrected chi connectivity index (χ0v) is 14.1. The summed E-state index contributed by atoms with van der Waals surface area (Å²) in [6.45, 7) is 1.97. The zero-order chi connectivity index (χ0) is 16.5. The highest BCUT2D eigenvalue weighted by atomic mass is 32.2. The second kappa shape index (κ2) is 6.31. The van der Waals surface area contributed by atoms with Gasteiger partial charge < -0.3 is 10.1 Å². The Morgan fingerprint density at radius 2 is 2.14 bits per heavy atom. The number of sulfonamides is 1. The van der Waals surface area contributed by atoms with Crippen LogP contribution >= 0.6 is 11.3 Å². The molecule has 2 heterocycles. The number of carbonyl (C=O) groups excluding carboxylic acids is 2. The number of amides is 1. The van der Waals surface area contributed by atoms with E-state index in [1.807, 2.05) is 0 Å². The molecule has 2 rings (SSSR count). The molecule has 8 nitrogen and oxygen atoms in total. The Morgan fingerprint density at radius 3 is 2.73 bits per heavy atom. The highest BCUT2D eigenvalue weighted by Gasteiger charge is 2.36. The lowest BCUT2D eigenvalue weighted by atomic mass is 10.2. The van der Waals surface area contributed by atoms with Crippen molar-refractivity contribution in [1.29, 1.82) is 0 Å². The van der Waals surface area contributed by atoms with Gasteiger partial charge in [0.15, 0.2) is 5.13 Å². The molecular weight excluding hydrogens is 330 g/mol. The molecule has 1 aromatic rings. The van der Waals surface area contributed by atoms with Crippen LogP contribution in [0.3, 0.4) is 0 Å². The van der Waals surface area contributed by atoms with Gasteiger partial charge in [0.25, 0.3) is 0 Å². The van der Waals surface area contributed by atoms with Crippen molar-refractivity contribution in [2.45, 2.75) is 25.8 Å². The van der Waals surface area contributed by atoms with E-state index in [1.54, 1.807) is 6.92 Å². The molecule has 1 aliphatic rings. The fourth-order valence-corrected chi connectivity index (χ4v) is 4.33. The summed E-state index contributed by atoms with van der Waals surface area (Å²) < 4.78 is 29.1. The van der Waals surface area contributed by atoms with Crippen LogP contribution in [-0.4, -0.2) is 55.5 Å². The van der Waals surface area contributed by atoms with Crippen LogP contribution in [0, 0.1) is 6.92 Å². The Morgan fingerprint density at radius 1 is 1.45 bits per heavy atom. The number of nitrogens with one attached hydrogen (secondary N) is 1. The molecule has 0 bridgehead atoms. The van der Waals surface area contributed by atoms with Crippen LogP contribution in [-0.2, 0) is 19.6 Å². The third kappa shape index (κ3) is 3.45. The molecule has 10 heteroatoms. The topological polar surface area (TPSA) is 106 Å². The smallest absolute Gasteiger partial charge is 0.350 e. The summed E-state index contributed by atoms with van der Waals surface area (Å²) in [7, 11) is -2.16. The standard InChI is InChI=1S/C12H17N3O5S2/c1-7-9(11(17)20-2)21-12(13-7)14-10(16)8-5-4-6-15(8)22(3,18)19/h8H,4-6H2,1-3H3,(H,13,14,16). The van der Waals surface area contributed by atoms with E-state index in [9.17, 15) is 18.0 Å². The number of aromatic nitrogens is 1. The zero-order valence-electron chi connectivity index (χ0n) is 12.5. The Bertz CT molecular complexity index is 698. The molecule has 0 aliphatic carbocycles. The van der Waals surface area contributed by atoms with Crippen LogP contribution in [0.5, 0.6) is 0 Å². The van der Waals surface area contributed by atoms with Gasteiger partial charge in [-0.15, -0.1) is 0 Å². The normalized spacial score (nSPS) is 19.1. The molecule has 0 saturated carbocycles. The Balaban J connectivity index is 2.14. The molecule has 0 radical (unpaired) electrons. The first-order valence-electron chi connectivity index (χ1n) is 6.57. The number of esters is 1. The number of hydrogen-bond donors (Lipinski definition) is 1. The number of methoxy groups -OCH3 is 1. The number of hydrogen-bond acceptors (Lipinski definition) is 7. The van der Waals surface area contributed by atoms with Crippen molar-refractivity contribution in [3.05, 3.63) is 10.6 Å². The lowest BCUT2D eigenvalue weighted by Crippen LogP contribution is -2.42. The molecule has 0 aromatic carbocycles. The predicted octanol–water partition coefficient (Wildman–Crippen LogP) is 0.601. The number of carbonyl (C=O) groups is 2. The SMILES string of the molecule is COC(=O)c1sc(NC(=O)C2CCCN2S(C)(=O)=O)nc1C. The Hall–Kier alpha value is -1.52. The van der Waals surface area contributed by atoms with Gasteiger partial charge in [-0.2, -0.15) is 4.31 Å². The lowest BCUT2D eigenvalue weighted by molar-refractivity contribution is -0.119. The van der Waals surface area contributed by atoms with Gasteiger partial charge >= 0.3 is 5.97 Å². The Kier molecular flexibility index (Phi) is 4.83. The van der Waals surface area contributed by atoms with Crippen LogP contribution in [0.15, 0.2) is 0 Å². The van der Waals surface area contributed by atoms with Crippen LogP contribution in [0.4, 0.5) is 5.13 Å². The molecule has 0 spiro atoms. The number of anilines is 1. The number of nitrogens with zero attached hydrogens (tertiary/aromatic N) is 2. The van der Waals surface area contributed by atoms with Crippen molar-refractivity contribution in [2.75, 3.05) is 25.2 Å². The summed E-state index contributed by atoms with van der Waals surface area (Å²) in [6, 6.07) is -0.735. The van der Waals surface area contributed by atoms with Crippen molar-refractivity contribution >= 4 is 38.4 Å². The fraction of sp³-hybridized carbons (Fsp3) is 0.583. The monoisotopic (exact) mass is 347 g/mol. The van der Waals surface area contributed by atoms with Gasteiger partial charge in [0, 0.05) is 6.54 Å². The van der Waals surface area contributed by atoms with E-state index in [4.69, 9.17) is 0 Å². The maximum Gasteiger partial charge on any atom is 0.350 e. The van der Waals surface area contributed by atoms with Crippen molar-refractivity contribution < 1.29 is 22.7 Å². The molecule has 1 unspecified atom stereocenters. The van der Waals surface area contributed by atoms with Gasteiger partial charge in [-0.1, -0.05) is 11.3 Å². The van der Waals surface area contributed by atoms with E-state index in [0.29, 0.717) is 30.0 Å². The van der Waals surface area contributed by atoms with E-state index in [2.05, 4.69) is 15.0 Å². The molecule has 1 aliphatic heterocycles. The van der Waals surface area contributed by atoms with Crippen molar-refractivity contribution in [3.63, 3.8) is 0 Å². The first-order chi connectivity index (χ1) is 10.2. The van der Waals surface area contributed by atoms with Gasteiger partial charge in [0.05, 0.1) is 19.1 Å². The summed E-state index contributed by atoms with van der Waals surface area (Å²) in [6.07, 6.45) is 2.18. The second-order valence-electron chi connectivity index (χ2n) is 4.95. The van der Waals surface area contributed by atoms with Crippen molar-refractivity contribution in [2.24, 2.45) is 0 Å². The van der Waals surface area contributed by atoms with Crippen LogP contribution < -0.4 is 5.32 Å². The highest BCUT2D eigenvalue weighted by Crippen LogP contribution is 2.26. The molecule has 1 saturated heterocycles. The summed E-state index contributed by atoms with van der Waals surface area (Å²) in [4.78, 5) is 28.2. The van der Waals surface area contributed by atoms with Gasteiger partial charge in [-0.05, 0) is 19.8 Å². The number of aryl methyl sites for hydroxylation is 1. The van der Waals surface area contributed by atoms with Crippen LogP contribution in [0.2, 0.25) is 0 Å². The molecule has 1 amide bonds. The van der Waals surface area contributed by atoms with Crippen molar-refractivity contribution in [1.82, 2.24) is 9.29 Å². The summed E-state index contributed by atoms with van der Waals surface area (Å²) in [5.74, 6) is -0.956. The van der Waals surface area contributed by atoms with Gasteiger partial charge in [0.2, 0.25) is 15.9 Å². The molecule has 1 aromatic heterocycles. The fourth-order valence-electron chi connectivity index (χ4n) is 2.32. The van der Waals surface area contributed by atoms with Crippen LogP contribution in [0.25, 0.3) is 0 Å². The lowest BCUT2D eigenvalue weighted by Gasteiger charge is -2.20. The first kappa shape index (κ1) is 16.8. The van der Waals surface area contributed by atoms with Crippen molar-refractivity contribution in [3.8, 4) is 0 Å². The molecular formula is C12H17N3O5S2. The summed E-state index contributed by atoms with van der Waals surface area (Å²) >= 11 is 1.00. The molecule has 1 atom stereocenters. The number of ether oxygens (including phenoxy) is 1. The van der Waals surface area contributed by atoms with E-state index in [-0.39, 0.29) is 5.13 Å². The van der Waals surface area contributed by atoms with Crippen LogP contribution in [0.1, 0.15) is 28.2 Å². The minimum atomic E-state index is -3.43. The number of thiazole rings is 1. The maximum absolute atomic E-state index is 12.3. The predicted molar refractivity (Wildman–Crippen MR) is 81.4 cm³/mol. The molecule has 1 N–H and O–H groups in total. The summed E-state index contributed by atoms with van der Waals surface area (Å²) in [5.41, 5.74) is 0.457. The van der Waals surface area contributed by atoms with E-state index in [0.717, 1.165) is 17.6 Å². The molecule has 22 heavy (non-hydrogen) atoms. The molecule has 122 valence electrons. The average molecular weight is 347 g/mol.